The topological polar surface area (TPSA) is 43.1 Å². The van der Waals surface area contributed by atoms with Crippen molar-refractivity contribution in [2.24, 2.45) is 0 Å². The zero-order chi connectivity index (χ0) is 21.5. The molecule has 0 radical (unpaired) electrons. The van der Waals surface area contributed by atoms with E-state index in [0.29, 0.717) is 0 Å². The Morgan fingerprint density at radius 1 is 0.875 bits per heavy atom. The van der Waals surface area contributed by atoms with E-state index >= 15 is 0 Å². The molecule has 3 heterocycles. The Labute approximate surface area is 207 Å². The van der Waals surface area contributed by atoms with Crippen LogP contribution < -0.4 is 0 Å². The number of halogens is 1. The van der Waals surface area contributed by atoms with Crippen molar-refractivity contribution in [1.82, 2.24) is 19.6 Å². The molecule has 0 bridgehead atoms. The fourth-order valence-corrected chi connectivity index (χ4v) is 7.55. The number of thiophene rings is 1. The molecular weight excluding hydrogens is 520 g/mol. The molecule has 0 atom stereocenters. The number of aryl methyl sites for hydroxylation is 2. The first-order valence-corrected chi connectivity index (χ1v) is 14.1. The summed E-state index contributed by atoms with van der Waals surface area (Å²) in [7, 11) is 0. The first kappa shape index (κ1) is 20.7. The predicted octanol–water partition coefficient (Wildman–Crippen LogP) is 7.17. The zero-order valence-electron chi connectivity index (χ0n) is 17.1. The maximum atomic E-state index is 5.13. The third-order valence-electron chi connectivity index (χ3n) is 5.64. The van der Waals surface area contributed by atoms with Gasteiger partial charge < -0.3 is 0 Å². The van der Waals surface area contributed by atoms with Gasteiger partial charge in [-0.2, -0.15) is 0 Å². The van der Waals surface area contributed by atoms with Crippen LogP contribution in [-0.2, 0) is 24.3 Å². The van der Waals surface area contributed by atoms with E-state index in [1.54, 1.807) is 23.5 Å². The van der Waals surface area contributed by atoms with E-state index in [-0.39, 0.29) is 0 Å². The summed E-state index contributed by atoms with van der Waals surface area (Å²) in [5, 5.41) is 12.4. The van der Waals surface area contributed by atoms with Gasteiger partial charge in [-0.3, -0.25) is 0 Å². The van der Waals surface area contributed by atoms with E-state index in [9.17, 15) is 0 Å². The summed E-state index contributed by atoms with van der Waals surface area (Å²) in [4.78, 5) is 7.71. The lowest BCUT2D eigenvalue weighted by atomic mass is 10.2. The van der Waals surface area contributed by atoms with Crippen molar-refractivity contribution < 1.29 is 0 Å². The zero-order valence-corrected chi connectivity index (χ0v) is 21.2. The second kappa shape index (κ2) is 8.82. The Morgan fingerprint density at radius 2 is 1.62 bits per heavy atom. The molecule has 1 aliphatic rings. The first-order valence-electron chi connectivity index (χ1n) is 10.5. The molecule has 8 heteroatoms. The van der Waals surface area contributed by atoms with Crippen LogP contribution in [0.5, 0.6) is 0 Å². The quantitative estimate of drug-likeness (QED) is 0.169. The largest absolute Gasteiger partial charge is 0.247 e. The van der Waals surface area contributed by atoms with Crippen molar-refractivity contribution in [2.75, 3.05) is 0 Å². The Bertz CT molecular complexity index is 1410. The van der Waals surface area contributed by atoms with Crippen LogP contribution in [0.25, 0.3) is 15.9 Å². The molecule has 6 rings (SSSR count). The molecule has 3 aromatic heterocycles. The van der Waals surface area contributed by atoms with Crippen molar-refractivity contribution in [2.45, 2.75) is 41.1 Å². The smallest absolute Gasteiger partial charge is 0.198 e. The third kappa shape index (κ3) is 3.87. The van der Waals surface area contributed by atoms with Gasteiger partial charge in [0.25, 0.3) is 0 Å². The summed E-state index contributed by atoms with van der Waals surface area (Å²) < 4.78 is 3.28. The van der Waals surface area contributed by atoms with E-state index in [1.165, 1.54) is 33.4 Å². The van der Waals surface area contributed by atoms with E-state index in [2.05, 4.69) is 85.1 Å². The number of aromatic nitrogens is 4. The summed E-state index contributed by atoms with van der Waals surface area (Å²) in [5.41, 5.74) is 4.96. The molecule has 0 fully saturated rings. The van der Waals surface area contributed by atoms with E-state index in [0.717, 1.165) is 49.6 Å². The number of rotatable bonds is 6. The minimum Gasteiger partial charge on any atom is -0.247 e. The summed E-state index contributed by atoms with van der Waals surface area (Å²) in [5.74, 6) is 1.71. The van der Waals surface area contributed by atoms with Gasteiger partial charge in [0, 0.05) is 20.9 Å². The maximum Gasteiger partial charge on any atom is 0.198 e. The van der Waals surface area contributed by atoms with Gasteiger partial charge in [0.2, 0.25) is 0 Å². The predicted molar refractivity (Wildman–Crippen MR) is 138 cm³/mol. The highest BCUT2D eigenvalue weighted by Gasteiger charge is 2.24. The second-order valence-corrected chi connectivity index (χ2v) is 11.6. The Balaban J connectivity index is 1.41. The van der Waals surface area contributed by atoms with Crippen molar-refractivity contribution >= 4 is 66.7 Å². The van der Waals surface area contributed by atoms with Gasteiger partial charge in [-0.05, 0) is 48.1 Å². The molecule has 0 spiro atoms. The molecule has 0 aliphatic heterocycles. The highest BCUT2D eigenvalue weighted by Crippen LogP contribution is 2.40. The summed E-state index contributed by atoms with van der Waals surface area (Å²) in [6.45, 7) is 0. The molecule has 4 nitrogen and oxygen atoms in total. The summed E-state index contributed by atoms with van der Waals surface area (Å²) in [6.07, 6.45) is 3.51. The van der Waals surface area contributed by atoms with Crippen LogP contribution in [0.3, 0.4) is 0 Å². The third-order valence-corrected chi connectivity index (χ3v) is 9.36. The van der Waals surface area contributed by atoms with Crippen LogP contribution >= 0.6 is 50.8 Å². The van der Waals surface area contributed by atoms with E-state index in [4.69, 9.17) is 4.98 Å². The highest BCUT2D eigenvalue weighted by molar-refractivity contribution is 9.10. The average molecular weight is 540 g/mol. The molecular formula is C24H19BrN4S3. The molecule has 0 unspecified atom stereocenters. The first-order chi connectivity index (χ1) is 15.8. The van der Waals surface area contributed by atoms with Gasteiger partial charge in [-0.25, -0.2) is 9.38 Å². The van der Waals surface area contributed by atoms with Gasteiger partial charge >= 0.3 is 0 Å². The monoisotopic (exact) mass is 538 g/mol. The van der Waals surface area contributed by atoms with Crippen molar-refractivity contribution in [1.29, 1.82) is 0 Å². The molecule has 32 heavy (non-hydrogen) atoms. The lowest BCUT2D eigenvalue weighted by Gasteiger charge is -2.08. The van der Waals surface area contributed by atoms with E-state index < -0.39 is 0 Å². The number of hydrogen-bond donors (Lipinski definition) is 0. The number of nitrogens with zero attached hydrogens (tertiary/aromatic N) is 4. The SMILES string of the molecule is Brc1ccc(CSc2nnc3c4c5c(sc4nc(SCc4ccccc4)n23)CCC5)cc1. The fraction of sp³-hybridized carbons (Fsp3) is 0.208. The average Bonchev–Trinajstić information content (AvgIpc) is 3.52. The molecule has 0 amide bonds. The second-order valence-electron chi connectivity index (χ2n) is 7.76. The Morgan fingerprint density at radius 3 is 2.44 bits per heavy atom. The van der Waals surface area contributed by atoms with Gasteiger partial charge in [0.15, 0.2) is 16.0 Å². The van der Waals surface area contributed by atoms with Crippen LogP contribution in [0.2, 0.25) is 0 Å². The van der Waals surface area contributed by atoms with Crippen LogP contribution in [0, 0.1) is 0 Å². The molecule has 5 aromatic rings. The van der Waals surface area contributed by atoms with Gasteiger partial charge in [0.1, 0.15) is 4.83 Å². The minimum atomic E-state index is 0.844. The van der Waals surface area contributed by atoms with Gasteiger partial charge in [-0.15, -0.1) is 21.5 Å². The normalized spacial score (nSPS) is 13.3. The fourth-order valence-electron chi connectivity index (χ4n) is 4.08. The lowest BCUT2D eigenvalue weighted by Crippen LogP contribution is -1.98. The molecule has 0 saturated carbocycles. The van der Waals surface area contributed by atoms with Crippen LogP contribution in [0.15, 0.2) is 69.4 Å². The Hall–Kier alpha value is -1.87. The lowest BCUT2D eigenvalue weighted by molar-refractivity contribution is 0.816. The highest BCUT2D eigenvalue weighted by atomic mass is 79.9. The Kier molecular flexibility index (Phi) is 5.71. The number of fused-ring (bicyclic) bond motifs is 5. The minimum absolute atomic E-state index is 0.844. The van der Waals surface area contributed by atoms with Crippen LogP contribution in [0.1, 0.15) is 28.0 Å². The maximum absolute atomic E-state index is 5.13. The molecule has 160 valence electrons. The van der Waals surface area contributed by atoms with Crippen molar-refractivity contribution in [3.05, 3.63) is 80.6 Å². The van der Waals surface area contributed by atoms with E-state index in [1.807, 2.05) is 11.3 Å². The number of hydrogen-bond acceptors (Lipinski definition) is 6. The number of thioether (sulfide) groups is 2. The molecule has 1 aliphatic carbocycles. The molecule has 0 N–H and O–H groups in total. The van der Waals surface area contributed by atoms with Crippen molar-refractivity contribution in [3.63, 3.8) is 0 Å². The number of benzene rings is 2. The van der Waals surface area contributed by atoms with Crippen LogP contribution in [0.4, 0.5) is 0 Å². The molecule has 0 saturated heterocycles. The van der Waals surface area contributed by atoms with Gasteiger partial charge in [0.05, 0.1) is 5.39 Å². The molecule has 2 aromatic carbocycles. The van der Waals surface area contributed by atoms with Crippen LogP contribution in [-0.4, -0.2) is 19.6 Å². The summed E-state index contributed by atoms with van der Waals surface area (Å²) in [6, 6.07) is 19.0. The van der Waals surface area contributed by atoms with Crippen molar-refractivity contribution in [3.8, 4) is 0 Å². The summed E-state index contributed by atoms with van der Waals surface area (Å²) >= 11 is 8.84. The standard InChI is InChI=1S/C24H19BrN4S3/c25-17-11-9-16(10-12-17)14-31-24-28-27-21-20-18-7-4-8-19(18)32-22(20)26-23(29(21)24)30-13-15-5-2-1-3-6-15/h1-3,5-6,9-12H,4,7-8,13-14H2. The van der Waals surface area contributed by atoms with Gasteiger partial charge in [-0.1, -0.05) is 81.9 Å².